The molecule has 2 heterocycles. The maximum atomic E-state index is 12.9. The second kappa shape index (κ2) is 8.68. The van der Waals surface area contributed by atoms with Crippen molar-refractivity contribution in [2.75, 3.05) is 11.9 Å². The molecule has 1 aromatic carbocycles. The molecule has 1 aliphatic heterocycles. The molecule has 0 bridgehead atoms. The van der Waals surface area contributed by atoms with Crippen LogP contribution in [0.2, 0.25) is 0 Å². The second-order valence-corrected chi connectivity index (χ2v) is 7.71. The summed E-state index contributed by atoms with van der Waals surface area (Å²) in [7, 11) is 0. The van der Waals surface area contributed by atoms with E-state index in [1.54, 1.807) is 12.1 Å². The van der Waals surface area contributed by atoms with E-state index >= 15 is 0 Å². The number of carbonyl (C=O) groups is 2. The number of nitrogens with zero attached hydrogens (tertiary/aromatic N) is 2. The summed E-state index contributed by atoms with van der Waals surface area (Å²) < 4.78 is 7.35. The van der Waals surface area contributed by atoms with Crippen LogP contribution in [-0.4, -0.2) is 34.0 Å². The highest BCUT2D eigenvalue weighted by atomic mass is 16.5. The Labute approximate surface area is 170 Å². The van der Waals surface area contributed by atoms with Crippen LogP contribution in [0.5, 0.6) is 5.75 Å². The molecule has 2 aliphatic rings. The fourth-order valence-electron chi connectivity index (χ4n) is 4.21. The zero-order chi connectivity index (χ0) is 20.2. The fraction of sp³-hybridized carbons (Fsp3) is 0.500. The molecule has 1 saturated carbocycles. The zero-order valence-corrected chi connectivity index (χ0v) is 16.9. The first-order chi connectivity index (χ1) is 14.2. The maximum Gasteiger partial charge on any atom is 0.291 e. The van der Waals surface area contributed by atoms with E-state index in [-0.39, 0.29) is 17.9 Å². The van der Waals surface area contributed by atoms with Gasteiger partial charge in [0.15, 0.2) is 5.82 Å². The Morgan fingerprint density at radius 1 is 1.10 bits per heavy atom. The third-order valence-corrected chi connectivity index (χ3v) is 5.65. The topological polar surface area (TPSA) is 85.2 Å². The van der Waals surface area contributed by atoms with Gasteiger partial charge in [-0.1, -0.05) is 12.8 Å². The highest BCUT2D eigenvalue weighted by Gasteiger charge is 2.29. The number of ether oxygens (including phenoxy) is 1. The average Bonchev–Trinajstić information content (AvgIpc) is 3.37. The van der Waals surface area contributed by atoms with Crippen molar-refractivity contribution in [1.82, 2.24) is 14.9 Å². The van der Waals surface area contributed by atoms with Crippen molar-refractivity contribution in [3.63, 3.8) is 0 Å². The predicted molar refractivity (Wildman–Crippen MR) is 110 cm³/mol. The number of nitrogens with one attached hydrogen (secondary N) is 2. The monoisotopic (exact) mass is 396 g/mol. The Bertz CT molecular complexity index is 882. The van der Waals surface area contributed by atoms with E-state index in [1.165, 1.54) is 0 Å². The van der Waals surface area contributed by atoms with Gasteiger partial charge in [-0.05, 0) is 63.3 Å². The highest BCUT2D eigenvalue weighted by Crippen LogP contribution is 2.24. The van der Waals surface area contributed by atoms with Gasteiger partial charge in [-0.3, -0.25) is 9.59 Å². The SMILES string of the molecule is CCOc1ccc(NC(=O)c2nc(C(=O)NC3CCCC3)c3n2CCCC3)cc1. The first-order valence-corrected chi connectivity index (χ1v) is 10.6. The molecule has 7 nitrogen and oxygen atoms in total. The number of imidazole rings is 1. The summed E-state index contributed by atoms with van der Waals surface area (Å²) in [4.78, 5) is 30.2. The molecule has 1 aromatic heterocycles. The quantitative estimate of drug-likeness (QED) is 0.782. The van der Waals surface area contributed by atoms with Gasteiger partial charge in [0.1, 0.15) is 11.4 Å². The molecular weight excluding hydrogens is 368 g/mol. The molecule has 154 valence electrons. The van der Waals surface area contributed by atoms with Crippen molar-refractivity contribution in [3.8, 4) is 5.75 Å². The summed E-state index contributed by atoms with van der Waals surface area (Å²) in [5.41, 5.74) is 1.96. The van der Waals surface area contributed by atoms with Crippen LogP contribution in [-0.2, 0) is 13.0 Å². The van der Waals surface area contributed by atoms with E-state index in [9.17, 15) is 9.59 Å². The van der Waals surface area contributed by atoms with Gasteiger partial charge in [0, 0.05) is 18.3 Å². The van der Waals surface area contributed by atoms with Gasteiger partial charge < -0.3 is 19.9 Å². The lowest BCUT2D eigenvalue weighted by atomic mass is 10.1. The Kier molecular flexibility index (Phi) is 5.83. The number of carbonyl (C=O) groups excluding carboxylic acids is 2. The van der Waals surface area contributed by atoms with Crippen LogP contribution in [0.1, 0.15) is 72.3 Å². The third kappa shape index (κ3) is 4.28. The number of fused-ring (bicyclic) bond motifs is 1. The number of amides is 2. The Hall–Kier alpha value is -2.83. The molecule has 0 saturated heterocycles. The molecule has 1 fully saturated rings. The van der Waals surface area contributed by atoms with E-state index in [1.807, 2.05) is 23.6 Å². The van der Waals surface area contributed by atoms with Gasteiger partial charge in [0.25, 0.3) is 11.8 Å². The summed E-state index contributed by atoms with van der Waals surface area (Å²) in [5, 5.41) is 6.00. The molecule has 1 aliphatic carbocycles. The van der Waals surface area contributed by atoms with Crippen molar-refractivity contribution in [1.29, 1.82) is 0 Å². The van der Waals surface area contributed by atoms with Crippen LogP contribution >= 0.6 is 0 Å². The molecule has 29 heavy (non-hydrogen) atoms. The van der Waals surface area contributed by atoms with Gasteiger partial charge in [-0.2, -0.15) is 0 Å². The molecule has 0 unspecified atom stereocenters. The first-order valence-electron chi connectivity index (χ1n) is 10.6. The molecule has 0 spiro atoms. The fourth-order valence-corrected chi connectivity index (χ4v) is 4.21. The van der Waals surface area contributed by atoms with Crippen LogP contribution in [0.4, 0.5) is 5.69 Å². The lowest BCUT2D eigenvalue weighted by molar-refractivity contribution is 0.0931. The van der Waals surface area contributed by atoms with Crippen LogP contribution in [0.3, 0.4) is 0 Å². The van der Waals surface area contributed by atoms with E-state index in [2.05, 4.69) is 15.6 Å². The van der Waals surface area contributed by atoms with Crippen molar-refractivity contribution in [2.45, 2.75) is 64.5 Å². The molecule has 4 rings (SSSR count). The van der Waals surface area contributed by atoms with Crippen molar-refractivity contribution >= 4 is 17.5 Å². The van der Waals surface area contributed by atoms with Crippen molar-refractivity contribution in [3.05, 3.63) is 41.5 Å². The predicted octanol–water partition coefficient (Wildman–Crippen LogP) is 3.54. The van der Waals surface area contributed by atoms with E-state index in [4.69, 9.17) is 4.74 Å². The van der Waals surface area contributed by atoms with Crippen molar-refractivity contribution in [2.24, 2.45) is 0 Å². The zero-order valence-electron chi connectivity index (χ0n) is 16.9. The van der Waals surface area contributed by atoms with Gasteiger partial charge >= 0.3 is 0 Å². The second-order valence-electron chi connectivity index (χ2n) is 7.71. The van der Waals surface area contributed by atoms with Gasteiger partial charge in [-0.25, -0.2) is 4.98 Å². The molecule has 2 amide bonds. The average molecular weight is 396 g/mol. The minimum absolute atomic E-state index is 0.150. The Balaban J connectivity index is 1.53. The number of aromatic nitrogens is 2. The Morgan fingerprint density at radius 3 is 2.59 bits per heavy atom. The van der Waals surface area contributed by atoms with Crippen LogP contribution in [0.15, 0.2) is 24.3 Å². The molecule has 0 radical (unpaired) electrons. The summed E-state index contributed by atoms with van der Waals surface area (Å²) in [6.45, 7) is 3.24. The largest absolute Gasteiger partial charge is 0.494 e. The normalized spacial score (nSPS) is 16.3. The Morgan fingerprint density at radius 2 is 1.86 bits per heavy atom. The third-order valence-electron chi connectivity index (χ3n) is 5.65. The number of anilines is 1. The van der Waals surface area contributed by atoms with E-state index < -0.39 is 0 Å². The highest BCUT2D eigenvalue weighted by molar-refractivity contribution is 6.03. The van der Waals surface area contributed by atoms with Crippen LogP contribution in [0, 0.1) is 0 Å². The lowest BCUT2D eigenvalue weighted by Crippen LogP contribution is -2.33. The minimum Gasteiger partial charge on any atom is -0.494 e. The number of benzene rings is 1. The number of rotatable bonds is 6. The smallest absolute Gasteiger partial charge is 0.291 e. The van der Waals surface area contributed by atoms with E-state index in [0.29, 0.717) is 30.4 Å². The molecule has 0 atom stereocenters. The minimum atomic E-state index is -0.294. The molecular formula is C22H28N4O3. The van der Waals surface area contributed by atoms with Gasteiger partial charge in [0.2, 0.25) is 0 Å². The van der Waals surface area contributed by atoms with Gasteiger partial charge in [-0.15, -0.1) is 0 Å². The molecule has 7 heteroatoms. The molecule has 2 N–H and O–H groups in total. The summed E-state index contributed by atoms with van der Waals surface area (Å²) in [6, 6.07) is 7.47. The summed E-state index contributed by atoms with van der Waals surface area (Å²) >= 11 is 0. The lowest BCUT2D eigenvalue weighted by Gasteiger charge is -2.17. The maximum absolute atomic E-state index is 12.9. The summed E-state index contributed by atoms with van der Waals surface area (Å²) in [6.07, 6.45) is 7.12. The number of hydrogen-bond donors (Lipinski definition) is 2. The molecule has 2 aromatic rings. The van der Waals surface area contributed by atoms with Crippen LogP contribution in [0.25, 0.3) is 0 Å². The standard InChI is InChI=1S/C22H28N4O3/c1-2-29-17-12-10-16(11-13-17)24-22(28)20-25-19(18-9-5-6-14-26(18)20)21(27)23-15-7-3-4-8-15/h10-13,15H,2-9,14H2,1H3,(H,23,27)(H,24,28). The van der Waals surface area contributed by atoms with Crippen LogP contribution < -0.4 is 15.4 Å². The first kappa shape index (κ1) is 19.5. The number of hydrogen-bond acceptors (Lipinski definition) is 4. The summed E-state index contributed by atoms with van der Waals surface area (Å²) in [5.74, 6) is 0.625. The van der Waals surface area contributed by atoms with Gasteiger partial charge in [0.05, 0.1) is 12.3 Å². The van der Waals surface area contributed by atoms with E-state index in [0.717, 1.165) is 56.4 Å². The van der Waals surface area contributed by atoms with Crippen molar-refractivity contribution < 1.29 is 14.3 Å².